The van der Waals surface area contributed by atoms with Gasteiger partial charge in [-0.25, -0.2) is 8.42 Å². The van der Waals surface area contributed by atoms with E-state index in [-0.39, 0.29) is 0 Å². The van der Waals surface area contributed by atoms with Gasteiger partial charge in [-0.15, -0.1) is 0 Å². The largest absolute Gasteiger partial charge is 0.377 e. The summed E-state index contributed by atoms with van der Waals surface area (Å²) < 4.78 is 29.1. The van der Waals surface area contributed by atoms with Crippen molar-refractivity contribution in [3.63, 3.8) is 0 Å². The Morgan fingerprint density at radius 2 is 2.00 bits per heavy atom. The standard InChI is InChI=1S/C16H23NO3S/c1-21(18,19)16-5-4-13-6-8-17(9-7-14(13)11-16)12-15-3-2-10-20-15/h4-5,11,15H,2-3,6-10,12H2,1H3. The molecule has 1 aromatic carbocycles. The smallest absolute Gasteiger partial charge is 0.175 e. The Morgan fingerprint density at radius 1 is 1.24 bits per heavy atom. The van der Waals surface area contributed by atoms with Gasteiger partial charge in [-0.2, -0.15) is 0 Å². The fraction of sp³-hybridized carbons (Fsp3) is 0.625. The molecule has 0 spiro atoms. The molecule has 3 rings (SSSR count). The molecule has 0 aromatic heterocycles. The van der Waals surface area contributed by atoms with E-state index < -0.39 is 9.84 Å². The molecule has 21 heavy (non-hydrogen) atoms. The average Bonchev–Trinajstić information content (AvgIpc) is 2.85. The van der Waals surface area contributed by atoms with Crippen LogP contribution in [-0.2, 0) is 27.4 Å². The van der Waals surface area contributed by atoms with E-state index in [4.69, 9.17) is 4.74 Å². The molecule has 5 heteroatoms. The number of ether oxygens (including phenoxy) is 1. The Kier molecular flexibility index (Phi) is 4.33. The molecule has 4 nitrogen and oxygen atoms in total. The van der Waals surface area contributed by atoms with Crippen molar-refractivity contribution < 1.29 is 13.2 Å². The average molecular weight is 309 g/mol. The number of hydrogen-bond acceptors (Lipinski definition) is 4. The molecule has 116 valence electrons. The van der Waals surface area contributed by atoms with Crippen molar-refractivity contribution in [2.45, 2.75) is 36.7 Å². The highest BCUT2D eigenvalue weighted by atomic mass is 32.2. The highest BCUT2D eigenvalue weighted by Crippen LogP contribution is 2.21. The molecule has 0 bridgehead atoms. The fourth-order valence-corrected chi connectivity index (χ4v) is 3.91. The zero-order valence-corrected chi connectivity index (χ0v) is 13.4. The summed E-state index contributed by atoms with van der Waals surface area (Å²) >= 11 is 0. The highest BCUT2D eigenvalue weighted by molar-refractivity contribution is 7.90. The second kappa shape index (κ2) is 6.07. The Balaban J connectivity index is 1.70. The summed E-state index contributed by atoms with van der Waals surface area (Å²) in [5.41, 5.74) is 2.48. The predicted molar refractivity (Wildman–Crippen MR) is 82.4 cm³/mol. The van der Waals surface area contributed by atoms with Gasteiger partial charge >= 0.3 is 0 Å². The lowest BCUT2D eigenvalue weighted by atomic mass is 10.0. The number of sulfone groups is 1. The normalized spacial score (nSPS) is 23.8. The minimum atomic E-state index is -3.11. The Bertz CT molecular complexity index is 606. The Morgan fingerprint density at radius 3 is 2.67 bits per heavy atom. The van der Waals surface area contributed by atoms with Gasteiger partial charge < -0.3 is 9.64 Å². The lowest BCUT2D eigenvalue weighted by Gasteiger charge is -2.23. The Hall–Kier alpha value is -0.910. The van der Waals surface area contributed by atoms with Gasteiger partial charge in [0.05, 0.1) is 11.0 Å². The van der Waals surface area contributed by atoms with Gasteiger partial charge in [0.25, 0.3) is 0 Å². The van der Waals surface area contributed by atoms with Gasteiger partial charge in [-0.05, 0) is 48.9 Å². The molecule has 2 aliphatic heterocycles. The van der Waals surface area contributed by atoms with Crippen LogP contribution in [0.4, 0.5) is 0 Å². The molecule has 1 aromatic rings. The second-order valence-electron chi connectivity index (χ2n) is 6.14. The van der Waals surface area contributed by atoms with E-state index >= 15 is 0 Å². The molecule has 0 amide bonds. The van der Waals surface area contributed by atoms with Crippen LogP contribution in [0.15, 0.2) is 23.1 Å². The summed E-state index contributed by atoms with van der Waals surface area (Å²) in [7, 11) is -3.11. The first-order chi connectivity index (χ1) is 10.0. The number of benzene rings is 1. The van der Waals surface area contributed by atoms with Crippen molar-refractivity contribution in [1.29, 1.82) is 0 Å². The fourth-order valence-electron chi connectivity index (χ4n) is 3.24. The predicted octanol–water partition coefficient (Wildman–Crippen LogP) is 1.67. The van der Waals surface area contributed by atoms with Crippen molar-refractivity contribution in [1.82, 2.24) is 4.90 Å². The molecule has 0 aliphatic carbocycles. The van der Waals surface area contributed by atoms with Gasteiger partial charge in [-0.1, -0.05) is 6.07 Å². The summed E-state index contributed by atoms with van der Waals surface area (Å²) in [6.07, 6.45) is 5.92. The minimum absolute atomic E-state index is 0.387. The zero-order valence-electron chi connectivity index (χ0n) is 12.5. The number of hydrogen-bond donors (Lipinski definition) is 0. The van der Waals surface area contributed by atoms with E-state index in [0.717, 1.165) is 39.1 Å². The summed E-state index contributed by atoms with van der Waals surface area (Å²) in [6.45, 7) is 3.93. The first kappa shape index (κ1) is 15.0. The maximum atomic E-state index is 11.7. The monoisotopic (exact) mass is 309 g/mol. The van der Waals surface area contributed by atoms with E-state index in [2.05, 4.69) is 4.90 Å². The third kappa shape index (κ3) is 3.65. The van der Waals surface area contributed by atoms with Crippen molar-refractivity contribution >= 4 is 9.84 Å². The van der Waals surface area contributed by atoms with Crippen LogP contribution >= 0.6 is 0 Å². The highest BCUT2D eigenvalue weighted by Gasteiger charge is 2.21. The zero-order chi connectivity index (χ0) is 14.9. The van der Waals surface area contributed by atoms with Crippen LogP contribution in [0.1, 0.15) is 24.0 Å². The van der Waals surface area contributed by atoms with Crippen LogP contribution in [0.3, 0.4) is 0 Å². The van der Waals surface area contributed by atoms with E-state index in [1.807, 2.05) is 12.1 Å². The second-order valence-corrected chi connectivity index (χ2v) is 8.15. The lowest BCUT2D eigenvalue weighted by Crippen LogP contribution is -2.34. The Labute approximate surface area is 127 Å². The number of rotatable bonds is 3. The molecule has 0 saturated carbocycles. The van der Waals surface area contributed by atoms with Gasteiger partial charge in [0.2, 0.25) is 0 Å². The summed E-state index contributed by atoms with van der Waals surface area (Å²) in [5.74, 6) is 0. The molecule has 1 saturated heterocycles. The maximum absolute atomic E-state index is 11.7. The van der Waals surface area contributed by atoms with E-state index in [1.165, 1.54) is 30.2 Å². The molecule has 1 unspecified atom stereocenters. The van der Waals surface area contributed by atoms with Gasteiger partial charge in [-0.3, -0.25) is 0 Å². The SMILES string of the molecule is CS(=O)(=O)c1ccc2c(c1)CCN(CC1CCCO1)CC2. The van der Waals surface area contributed by atoms with Crippen molar-refractivity contribution in [2.75, 3.05) is 32.5 Å². The maximum Gasteiger partial charge on any atom is 0.175 e. The molecular weight excluding hydrogens is 286 g/mol. The topological polar surface area (TPSA) is 46.6 Å². The summed E-state index contributed by atoms with van der Waals surface area (Å²) in [6, 6.07) is 5.59. The van der Waals surface area contributed by atoms with Crippen LogP contribution in [0, 0.1) is 0 Å². The molecule has 0 N–H and O–H groups in total. The molecule has 2 heterocycles. The summed E-state index contributed by atoms with van der Waals surface area (Å²) in [5, 5.41) is 0. The minimum Gasteiger partial charge on any atom is -0.377 e. The van der Waals surface area contributed by atoms with Gasteiger partial charge in [0.1, 0.15) is 0 Å². The summed E-state index contributed by atoms with van der Waals surface area (Å²) in [4.78, 5) is 2.89. The molecular formula is C16H23NO3S. The molecule has 1 atom stereocenters. The van der Waals surface area contributed by atoms with Gasteiger partial charge in [0, 0.05) is 32.5 Å². The van der Waals surface area contributed by atoms with E-state index in [0.29, 0.717) is 11.0 Å². The number of fused-ring (bicyclic) bond motifs is 1. The molecule has 1 fully saturated rings. The van der Waals surface area contributed by atoms with E-state index in [9.17, 15) is 8.42 Å². The molecule has 2 aliphatic rings. The third-order valence-corrected chi connectivity index (χ3v) is 5.60. The van der Waals surface area contributed by atoms with Crippen molar-refractivity contribution in [3.05, 3.63) is 29.3 Å². The number of nitrogens with zero attached hydrogens (tertiary/aromatic N) is 1. The van der Waals surface area contributed by atoms with Crippen LogP contribution in [-0.4, -0.2) is 51.9 Å². The van der Waals surface area contributed by atoms with Crippen LogP contribution in [0.5, 0.6) is 0 Å². The third-order valence-electron chi connectivity index (χ3n) is 4.49. The van der Waals surface area contributed by atoms with Crippen LogP contribution < -0.4 is 0 Å². The molecule has 0 radical (unpaired) electrons. The van der Waals surface area contributed by atoms with Crippen molar-refractivity contribution in [2.24, 2.45) is 0 Å². The van der Waals surface area contributed by atoms with Gasteiger partial charge in [0.15, 0.2) is 9.84 Å². The first-order valence-corrected chi connectivity index (χ1v) is 9.57. The van der Waals surface area contributed by atoms with Crippen LogP contribution in [0.2, 0.25) is 0 Å². The van der Waals surface area contributed by atoms with Crippen LogP contribution in [0.25, 0.3) is 0 Å². The lowest BCUT2D eigenvalue weighted by molar-refractivity contribution is 0.0746. The quantitative estimate of drug-likeness (QED) is 0.852. The van der Waals surface area contributed by atoms with Crippen molar-refractivity contribution in [3.8, 4) is 0 Å². The van der Waals surface area contributed by atoms with E-state index in [1.54, 1.807) is 6.07 Å². The first-order valence-electron chi connectivity index (χ1n) is 7.68.